The highest BCUT2D eigenvalue weighted by Gasteiger charge is 2.14. The highest BCUT2D eigenvalue weighted by Crippen LogP contribution is 2.25. The quantitative estimate of drug-likeness (QED) is 0.648. The molecule has 1 atom stereocenters. The highest BCUT2D eigenvalue weighted by atomic mass is 16.6. The number of nitrogens with zero attached hydrogens (tertiary/aromatic N) is 1. The Morgan fingerprint density at radius 3 is 2.55 bits per heavy atom. The maximum absolute atomic E-state index is 10.9. The Morgan fingerprint density at radius 1 is 1.20 bits per heavy atom. The van der Waals surface area contributed by atoms with Crippen molar-refractivity contribution >= 4 is 11.4 Å². The first-order valence-electron chi connectivity index (χ1n) is 6.30. The lowest BCUT2D eigenvalue weighted by molar-refractivity contribution is -0.385. The molecule has 104 valence electrons. The van der Waals surface area contributed by atoms with Gasteiger partial charge in [-0.15, -0.1) is 0 Å². The minimum atomic E-state index is -0.658. The first kappa shape index (κ1) is 14.0. The zero-order valence-corrected chi connectivity index (χ0v) is 11.1. The number of aliphatic hydroxyl groups is 1. The van der Waals surface area contributed by atoms with Crippen LogP contribution in [0.3, 0.4) is 0 Å². The fourth-order valence-corrected chi connectivity index (χ4v) is 2.01. The van der Waals surface area contributed by atoms with E-state index in [0.29, 0.717) is 17.8 Å². The van der Waals surface area contributed by atoms with E-state index in [2.05, 4.69) is 5.32 Å². The Kier molecular flexibility index (Phi) is 4.32. The van der Waals surface area contributed by atoms with Crippen LogP contribution in [0, 0.1) is 17.0 Å². The molecule has 0 spiro atoms. The van der Waals surface area contributed by atoms with E-state index in [9.17, 15) is 15.2 Å². The maximum atomic E-state index is 10.9. The fraction of sp³-hybridized carbons (Fsp3) is 0.200. The van der Waals surface area contributed by atoms with Crippen LogP contribution in [0.2, 0.25) is 0 Å². The van der Waals surface area contributed by atoms with Crippen LogP contribution in [0.5, 0.6) is 0 Å². The lowest BCUT2D eigenvalue weighted by Gasteiger charge is -2.14. The minimum absolute atomic E-state index is 0.0733. The third-order valence-corrected chi connectivity index (χ3v) is 3.17. The molecular formula is C15H16N2O3. The summed E-state index contributed by atoms with van der Waals surface area (Å²) in [6, 6.07) is 14.1. The van der Waals surface area contributed by atoms with Gasteiger partial charge in [0, 0.05) is 23.9 Å². The first-order chi connectivity index (χ1) is 9.59. The average molecular weight is 272 g/mol. The van der Waals surface area contributed by atoms with E-state index in [0.717, 1.165) is 5.56 Å². The molecule has 0 aliphatic carbocycles. The Morgan fingerprint density at radius 2 is 1.90 bits per heavy atom. The summed E-state index contributed by atoms with van der Waals surface area (Å²) in [5.74, 6) is 0. The molecule has 2 aromatic rings. The number of rotatable bonds is 5. The van der Waals surface area contributed by atoms with Gasteiger partial charge < -0.3 is 10.4 Å². The van der Waals surface area contributed by atoms with Crippen molar-refractivity contribution in [2.45, 2.75) is 13.0 Å². The monoisotopic (exact) mass is 272 g/mol. The first-order valence-corrected chi connectivity index (χ1v) is 6.30. The van der Waals surface area contributed by atoms with Gasteiger partial charge in [0.15, 0.2) is 0 Å². The molecule has 0 saturated carbocycles. The molecule has 2 aromatic carbocycles. The van der Waals surface area contributed by atoms with Crippen LogP contribution in [-0.2, 0) is 0 Å². The maximum Gasteiger partial charge on any atom is 0.274 e. The highest BCUT2D eigenvalue weighted by molar-refractivity contribution is 5.59. The molecule has 0 bridgehead atoms. The van der Waals surface area contributed by atoms with Gasteiger partial charge in [-0.1, -0.05) is 36.4 Å². The second kappa shape index (κ2) is 6.16. The molecule has 5 heteroatoms. The molecule has 0 radical (unpaired) electrons. The van der Waals surface area contributed by atoms with Crippen molar-refractivity contribution in [2.75, 3.05) is 11.9 Å². The van der Waals surface area contributed by atoms with E-state index in [-0.39, 0.29) is 5.69 Å². The van der Waals surface area contributed by atoms with Gasteiger partial charge in [0.2, 0.25) is 0 Å². The zero-order chi connectivity index (χ0) is 14.5. The summed E-state index contributed by atoms with van der Waals surface area (Å²) in [6.45, 7) is 1.99. The van der Waals surface area contributed by atoms with Gasteiger partial charge in [0.25, 0.3) is 5.69 Å². The molecule has 2 N–H and O–H groups in total. The Labute approximate surface area is 117 Å². The Balaban J connectivity index is 2.08. The summed E-state index contributed by atoms with van der Waals surface area (Å²) in [4.78, 5) is 10.5. The summed E-state index contributed by atoms with van der Waals surface area (Å²) in [7, 11) is 0. The van der Waals surface area contributed by atoms with E-state index in [1.807, 2.05) is 30.3 Å². The topological polar surface area (TPSA) is 75.4 Å². The standard InChI is InChI=1S/C15H16N2O3/c1-11-13(8-5-9-14(11)17(19)20)16-10-15(18)12-6-3-2-4-7-12/h2-9,15-16,18H,10H2,1H3. The molecule has 1 unspecified atom stereocenters. The normalized spacial score (nSPS) is 11.9. The predicted octanol–water partition coefficient (Wildman–Crippen LogP) is 3.05. The molecule has 0 amide bonds. The third kappa shape index (κ3) is 3.13. The number of nitro benzene ring substituents is 1. The summed E-state index contributed by atoms with van der Waals surface area (Å²) in [5.41, 5.74) is 2.11. The SMILES string of the molecule is Cc1c(NCC(O)c2ccccc2)cccc1[N+](=O)[O-]. The van der Waals surface area contributed by atoms with Crippen LogP contribution in [-0.4, -0.2) is 16.6 Å². The van der Waals surface area contributed by atoms with Crippen molar-refractivity contribution in [2.24, 2.45) is 0 Å². The number of nitro groups is 1. The fourth-order valence-electron chi connectivity index (χ4n) is 2.01. The summed E-state index contributed by atoms with van der Waals surface area (Å²) >= 11 is 0. The smallest absolute Gasteiger partial charge is 0.274 e. The third-order valence-electron chi connectivity index (χ3n) is 3.17. The number of anilines is 1. The lowest BCUT2D eigenvalue weighted by Crippen LogP contribution is -2.13. The Hall–Kier alpha value is -2.40. The number of nitrogens with one attached hydrogen (secondary N) is 1. The summed E-state index contributed by atoms with van der Waals surface area (Å²) < 4.78 is 0. The zero-order valence-electron chi connectivity index (χ0n) is 11.1. The van der Waals surface area contributed by atoms with E-state index in [1.165, 1.54) is 6.07 Å². The van der Waals surface area contributed by atoms with Crippen molar-refractivity contribution in [3.63, 3.8) is 0 Å². The van der Waals surface area contributed by atoms with Gasteiger partial charge >= 0.3 is 0 Å². The van der Waals surface area contributed by atoms with E-state index < -0.39 is 11.0 Å². The molecule has 0 aliphatic heterocycles. The van der Waals surface area contributed by atoms with Crippen molar-refractivity contribution in [3.8, 4) is 0 Å². The van der Waals surface area contributed by atoms with Crippen LogP contribution < -0.4 is 5.32 Å². The van der Waals surface area contributed by atoms with Crippen molar-refractivity contribution in [3.05, 3.63) is 69.8 Å². The number of hydrogen-bond acceptors (Lipinski definition) is 4. The van der Waals surface area contributed by atoms with Crippen molar-refractivity contribution < 1.29 is 10.0 Å². The van der Waals surface area contributed by atoms with Gasteiger partial charge in [-0.2, -0.15) is 0 Å². The van der Waals surface area contributed by atoms with Crippen LogP contribution in [0.15, 0.2) is 48.5 Å². The lowest BCUT2D eigenvalue weighted by atomic mass is 10.1. The van der Waals surface area contributed by atoms with Gasteiger partial charge in [-0.3, -0.25) is 10.1 Å². The molecule has 5 nitrogen and oxygen atoms in total. The minimum Gasteiger partial charge on any atom is -0.387 e. The summed E-state index contributed by atoms with van der Waals surface area (Å²) in [5, 5.41) is 24.0. The van der Waals surface area contributed by atoms with Crippen molar-refractivity contribution in [1.82, 2.24) is 0 Å². The van der Waals surface area contributed by atoms with Crippen molar-refractivity contribution in [1.29, 1.82) is 0 Å². The predicted molar refractivity (Wildman–Crippen MR) is 77.7 cm³/mol. The molecule has 0 heterocycles. The van der Waals surface area contributed by atoms with E-state index >= 15 is 0 Å². The van der Waals surface area contributed by atoms with Gasteiger partial charge in [-0.05, 0) is 18.6 Å². The van der Waals surface area contributed by atoms with Crippen LogP contribution in [0.25, 0.3) is 0 Å². The molecular weight excluding hydrogens is 256 g/mol. The van der Waals surface area contributed by atoms with Crippen LogP contribution in [0.4, 0.5) is 11.4 Å². The van der Waals surface area contributed by atoms with Gasteiger partial charge in [0.05, 0.1) is 11.0 Å². The average Bonchev–Trinajstić information content (AvgIpc) is 2.46. The van der Waals surface area contributed by atoms with Crippen LogP contribution in [0.1, 0.15) is 17.2 Å². The molecule has 20 heavy (non-hydrogen) atoms. The largest absolute Gasteiger partial charge is 0.387 e. The number of aliphatic hydroxyl groups excluding tert-OH is 1. The number of benzene rings is 2. The van der Waals surface area contributed by atoms with E-state index in [4.69, 9.17) is 0 Å². The molecule has 0 saturated heterocycles. The molecule has 0 aliphatic rings. The molecule has 2 rings (SSSR count). The second-order valence-corrected chi connectivity index (χ2v) is 4.51. The second-order valence-electron chi connectivity index (χ2n) is 4.51. The number of hydrogen-bond donors (Lipinski definition) is 2. The van der Waals surface area contributed by atoms with Crippen LogP contribution >= 0.6 is 0 Å². The molecule has 0 aromatic heterocycles. The molecule has 0 fully saturated rings. The summed E-state index contributed by atoms with van der Waals surface area (Å²) in [6.07, 6.45) is -0.658. The Bertz CT molecular complexity index is 599. The van der Waals surface area contributed by atoms with E-state index in [1.54, 1.807) is 19.1 Å². The van der Waals surface area contributed by atoms with Gasteiger partial charge in [-0.25, -0.2) is 0 Å². The van der Waals surface area contributed by atoms with Gasteiger partial charge in [0.1, 0.15) is 0 Å².